The molecule has 0 aliphatic carbocycles. The number of thiophene rings is 2. The van der Waals surface area contributed by atoms with Gasteiger partial charge in [-0.15, -0.1) is 0 Å². The van der Waals surface area contributed by atoms with E-state index in [2.05, 4.69) is 27.9 Å². The van der Waals surface area contributed by atoms with Crippen LogP contribution in [0.5, 0.6) is 0 Å². The van der Waals surface area contributed by atoms with Crippen LogP contribution >= 0.6 is 22.7 Å². The number of nitrogens with zero attached hydrogens (tertiary/aromatic N) is 2. The van der Waals surface area contributed by atoms with E-state index in [-0.39, 0.29) is 12.3 Å². The van der Waals surface area contributed by atoms with Crippen molar-refractivity contribution in [3.05, 3.63) is 126 Å². The van der Waals surface area contributed by atoms with Gasteiger partial charge in [-0.1, -0.05) is 36.4 Å². The number of carbonyl (C=O) groups is 1. The second-order valence-corrected chi connectivity index (χ2v) is 12.2. The SMILES string of the molecule is O=C(CCCn1ccc(=O)[nH]c1=O)N1CCC[C@H]1C(O)(c1cccc(-c2ccsc2)c1)c1cccc(-c2ccsc2)c1. The zero-order chi connectivity index (χ0) is 29.1. The second-order valence-electron chi connectivity index (χ2n) is 10.6. The maximum Gasteiger partial charge on any atom is 0.328 e. The highest BCUT2D eigenvalue weighted by Crippen LogP contribution is 2.43. The molecule has 9 heteroatoms. The van der Waals surface area contributed by atoms with E-state index in [1.807, 2.05) is 64.2 Å². The normalized spacial score (nSPS) is 15.3. The van der Waals surface area contributed by atoms with Crippen molar-refractivity contribution < 1.29 is 9.90 Å². The predicted octanol–water partition coefficient (Wildman–Crippen LogP) is 5.70. The third-order valence-corrected chi connectivity index (χ3v) is 9.42. The summed E-state index contributed by atoms with van der Waals surface area (Å²) in [7, 11) is 0. The fourth-order valence-corrected chi connectivity index (χ4v) is 7.27. The number of aliphatic hydroxyl groups is 1. The van der Waals surface area contributed by atoms with Gasteiger partial charge in [-0.3, -0.25) is 14.6 Å². The van der Waals surface area contributed by atoms with Crippen molar-refractivity contribution >= 4 is 28.6 Å². The van der Waals surface area contributed by atoms with Crippen molar-refractivity contribution in [2.24, 2.45) is 0 Å². The highest BCUT2D eigenvalue weighted by Gasteiger charge is 2.47. The first kappa shape index (κ1) is 28.1. The zero-order valence-corrected chi connectivity index (χ0v) is 24.6. The zero-order valence-electron chi connectivity index (χ0n) is 22.9. The Morgan fingerprint density at radius 2 is 1.55 bits per heavy atom. The quantitative estimate of drug-likeness (QED) is 0.228. The molecule has 1 aliphatic heterocycles. The molecule has 0 radical (unpaired) electrons. The van der Waals surface area contributed by atoms with Gasteiger partial charge in [0, 0.05) is 31.8 Å². The van der Waals surface area contributed by atoms with Crippen LogP contribution in [0.2, 0.25) is 0 Å². The molecule has 0 saturated carbocycles. The van der Waals surface area contributed by atoms with Gasteiger partial charge in [0.15, 0.2) is 0 Å². The van der Waals surface area contributed by atoms with Crippen LogP contribution in [0.15, 0.2) is 104 Å². The van der Waals surface area contributed by atoms with Gasteiger partial charge in [0.1, 0.15) is 5.60 Å². The van der Waals surface area contributed by atoms with Gasteiger partial charge >= 0.3 is 5.69 Å². The molecular formula is C33H31N3O4S2. The Bertz CT molecular complexity index is 1710. The molecule has 6 rings (SSSR count). The number of hydrogen-bond donors (Lipinski definition) is 2. The third kappa shape index (κ3) is 5.55. The van der Waals surface area contributed by atoms with E-state index in [9.17, 15) is 19.5 Å². The van der Waals surface area contributed by atoms with Gasteiger partial charge in [-0.05, 0) is 98.4 Å². The fourth-order valence-electron chi connectivity index (χ4n) is 5.94. The number of rotatable bonds is 9. The monoisotopic (exact) mass is 597 g/mol. The lowest BCUT2D eigenvalue weighted by Gasteiger charge is -2.40. The Morgan fingerprint density at radius 1 is 0.905 bits per heavy atom. The summed E-state index contributed by atoms with van der Waals surface area (Å²) in [6.45, 7) is 0.869. The maximum atomic E-state index is 13.7. The molecule has 7 nitrogen and oxygen atoms in total. The standard InChI is InChI=1S/C33H31N3O4S2/c37-30-11-16-35(32(39)34-30)14-4-10-31(38)36-15-3-9-29(36)33(40,27-7-1-5-23(19-27)25-12-17-41-21-25)28-8-2-6-24(20-28)26-13-18-42-22-26/h1-2,5-8,11-13,16-22,29,40H,3-4,9-10,14-15H2,(H,34,37,39)/t29-/m0/s1. The summed E-state index contributed by atoms with van der Waals surface area (Å²) >= 11 is 3.26. The summed E-state index contributed by atoms with van der Waals surface area (Å²) in [5.74, 6) is -0.0589. The first-order chi connectivity index (χ1) is 20.4. The van der Waals surface area contributed by atoms with Crippen molar-refractivity contribution in [1.82, 2.24) is 14.5 Å². The predicted molar refractivity (Wildman–Crippen MR) is 168 cm³/mol. The number of aromatic amines is 1. The minimum absolute atomic E-state index is 0.0589. The van der Waals surface area contributed by atoms with Gasteiger partial charge < -0.3 is 14.6 Å². The summed E-state index contributed by atoms with van der Waals surface area (Å²) in [6.07, 6.45) is 3.55. The van der Waals surface area contributed by atoms with Crippen LogP contribution in [-0.2, 0) is 16.9 Å². The van der Waals surface area contributed by atoms with E-state index in [0.29, 0.717) is 25.9 Å². The average Bonchev–Trinajstić information content (AvgIpc) is 3.81. The van der Waals surface area contributed by atoms with Gasteiger partial charge in [0.25, 0.3) is 5.56 Å². The first-order valence-corrected chi connectivity index (χ1v) is 15.9. The van der Waals surface area contributed by atoms with Gasteiger partial charge in [0.05, 0.1) is 6.04 Å². The number of amides is 1. The van der Waals surface area contributed by atoms with Gasteiger partial charge in [-0.25, -0.2) is 4.79 Å². The van der Waals surface area contributed by atoms with E-state index in [1.165, 1.54) is 16.8 Å². The van der Waals surface area contributed by atoms with Crippen LogP contribution in [0.4, 0.5) is 0 Å². The molecule has 0 bridgehead atoms. The lowest BCUT2D eigenvalue weighted by Crippen LogP contribution is -2.50. The summed E-state index contributed by atoms with van der Waals surface area (Å²) in [6, 6.07) is 21.0. The average molecular weight is 598 g/mol. The molecule has 4 heterocycles. The number of nitrogens with one attached hydrogen (secondary N) is 1. The smallest absolute Gasteiger partial charge is 0.328 e. The number of hydrogen-bond acceptors (Lipinski definition) is 6. The Labute approximate surface area is 251 Å². The molecule has 0 unspecified atom stereocenters. The number of H-pyrrole nitrogens is 1. The lowest BCUT2D eigenvalue weighted by molar-refractivity contribution is -0.136. The van der Waals surface area contributed by atoms with Crippen LogP contribution in [0.1, 0.15) is 36.8 Å². The van der Waals surface area contributed by atoms with E-state index < -0.39 is 22.9 Å². The molecule has 1 atom stereocenters. The van der Waals surface area contributed by atoms with Gasteiger partial charge in [-0.2, -0.15) is 22.7 Å². The molecule has 2 N–H and O–H groups in total. The molecule has 2 aromatic carbocycles. The Balaban J connectivity index is 1.34. The lowest BCUT2D eigenvalue weighted by atomic mass is 9.77. The van der Waals surface area contributed by atoms with Crippen LogP contribution in [0, 0.1) is 0 Å². The molecule has 1 amide bonds. The first-order valence-electron chi connectivity index (χ1n) is 14.0. The largest absolute Gasteiger partial charge is 0.378 e. The van der Waals surface area contributed by atoms with Crippen molar-refractivity contribution in [2.75, 3.05) is 6.54 Å². The van der Waals surface area contributed by atoms with Crippen LogP contribution in [0.25, 0.3) is 22.3 Å². The number of carbonyl (C=O) groups excluding carboxylic acids is 1. The Morgan fingerprint density at radius 3 is 2.12 bits per heavy atom. The highest BCUT2D eigenvalue weighted by atomic mass is 32.1. The van der Waals surface area contributed by atoms with Crippen molar-refractivity contribution in [2.45, 2.75) is 43.9 Å². The topological polar surface area (TPSA) is 95.4 Å². The molecule has 5 aromatic rings. The molecule has 42 heavy (non-hydrogen) atoms. The molecule has 214 valence electrons. The minimum Gasteiger partial charge on any atom is -0.378 e. The fraction of sp³-hybridized carbons (Fsp3) is 0.242. The van der Waals surface area contributed by atoms with E-state index >= 15 is 0 Å². The van der Waals surface area contributed by atoms with Gasteiger partial charge in [0.2, 0.25) is 5.91 Å². The highest BCUT2D eigenvalue weighted by molar-refractivity contribution is 7.08. The minimum atomic E-state index is -1.44. The molecule has 1 saturated heterocycles. The maximum absolute atomic E-state index is 13.7. The number of aryl methyl sites for hydroxylation is 1. The second kappa shape index (κ2) is 12.1. The Hall–Kier alpha value is -4.05. The van der Waals surface area contributed by atoms with E-state index in [1.54, 1.807) is 22.7 Å². The van der Waals surface area contributed by atoms with Crippen molar-refractivity contribution in [3.63, 3.8) is 0 Å². The molecule has 0 spiro atoms. The number of likely N-dealkylation sites (tertiary alicyclic amines) is 1. The van der Waals surface area contributed by atoms with E-state index in [4.69, 9.17) is 0 Å². The van der Waals surface area contributed by atoms with Crippen LogP contribution in [0.3, 0.4) is 0 Å². The van der Waals surface area contributed by atoms with Crippen molar-refractivity contribution in [3.8, 4) is 22.3 Å². The third-order valence-electron chi connectivity index (χ3n) is 8.06. The molecule has 1 fully saturated rings. The summed E-state index contributed by atoms with van der Waals surface area (Å²) in [5, 5.41) is 21.2. The molecular weight excluding hydrogens is 567 g/mol. The van der Waals surface area contributed by atoms with E-state index in [0.717, 1.165) is 39.8 Å². The molecule has 3 aromatic heterocycles. The number of benzene rings is 2. The summed E-state index contributed by atoms with van der Waals surface area (Å²) in [4.78, 5) is 41.2. The van der Waals surface area contributed by atoms with Crippen LogP contribution < -0.4 is 11.2 Å². The summed E-state index contributed by atoms with van der Waals surface area (Å²) in [5.41, 5.74) is 3.33. The van der Waals surface area contributed by atoms with Crippen molar-refractivity contribution in [1.29, 1.82) is 0 Å². The summed E-state index contributed by atoms with van der Waals surface area (Å²) < 4.78 is 1.40. The Kier molecular flexibility index (Phi) is 8.06. The van der Waals surface area contributed by atoms with Crippen LogP contribution in [-0.4, -0.2) is 38.1 Å². The molecule has 1 aliphatic rings. The number of aromatic nitrogens is 2.